The van der Waals surface area contributed by atoms with Gasteiger partial charge in [-0.1, -0.05) is 37.3 Å². The molecular formula is C31H38N6O3. The first-order valence-corrected chi connectivity index (χ1v) is 14.5. The molecule has 0 atom stereocenters. The van der Waals surface area contributed by atoms with Crippen molar-refractivity contribution in [1.29, 1.82) is 0 Å². The average molecular weight is 543 g/mol. The highest BCUT2D eigenvalue weighted by molar-refractivity contribution is 5.95. The summed E-state index contributed by atoms with van der Waals surface area (Å²) >= 11 is 0. The fraction of sp³-hybridized carbons (Fsp3) is 0.452. The van der Waals surface area contributed by atoms with Gasteiger partial charge < -0.3 is 24.5 Å². The van der Waals surface area contributed by atoms with E-state index in [1.54, 1.807) is 0 Å². The van der Waals surface area contributed by atoms with Crippen molar-refractivity contribution in [2.24, 2.45) is 0 Å². The van der Waals surface area contributed by atoms with Gasteiger partial charge in [0, 0.05) is 62.0 Å². The molecule has 3 aromatic rings. The fourth-order valence-corrected chi connectivity index (χ4v) is 6.17. The van der Waals surface area contributed by atoms with Crippen LogP contribution >= 0.6 is 0 Å². The molecule has 0 radical (unpaired) electrons. The topological polar surface area (TPSA) is 85.3 Å². The molecule has 9 heteroatoms. The number of aromatic nitrogens is 2. The van der Waals surface area contributed by atoms with Crippen molar-refractivity contribution in [3.63, 3.8) is 0 Å². The van der Waals surface area contributed by atoms with Gasteiger partial charge in [-0.3, -0.25) is 9.69 Å². The Labute approximate surface area is 235 Å². The van der Waals surface area contributed by atoms with Crippen molar-refractivity contribution < 1.29 is 14.6 Å². The molecule has 1 aromatic heterocycles. The summed E-state index contributed by atoms with van der Waals surface area (Å²) in [6.45, 7) is 11.4. The van der Waals surface area contributed by atoms with E-state index < -0.39 is 0 Å². The molecule has 40 heavy (non-hydrogen) atoms. The first-order valence-electron chi connectivity index (χ1n) is 14.5. The summed E-state index contributed by atoms with van der Waals surface area (Å²) in [5.74, 6) is 1.15. The average Bonchev–Trinajstić information content (AvgIpc) is 3.00. The minimum Gasteiger partial charge on any atom is -0.508 e. The number of anilines is 2. The van der Waals surface area contributed by atoms with E-state index in [9.17, 15) is 9.90 Å². The Balaban J connectivity index is 1.27. The number of likely N-dealkylation sites (tertiary alicyclic amines) is 1. The van der Waals surface area contributed by atoms with Crippen LogP contribution in [0.25, 0.3) is 10.8 Å². The summed E-state index contributed by atoms with van der Waals surface area (Å²) in [5, 5.41) is 12.6. The first kappa shape index (κ1) is 26.4. The van der Waals surface area contributed by atoms with Crippen molar-refractivity contribution in [3.8, 4) is 11.8 Å². The number of rotatable bonds is 7. The van der Waals surface area contributed by atoms with Crippen LogP contribution in [-0.2, 0) is 17.8 Å². The van der Waals surface area contributed by atoms with Crippen molar-refractivity contribution in [3.05, 3.63) is 60.3 Å². The number of carbonyl (C=O) groups is 1. The maximum atomic E-state index is 12.1. The molecule has 0 spiro atoms. The molecule has 210 valence electrons. The van der Waals surface area contributed by atoms with Crippen LogP contribution in [-0.4, -0.2) is 89.7 Å². The van der Waals surface area contributed by atoms with Gasteiger partial charge in [0.15, 0.2) is 0 Å². The highest BCUT2D eigenvalue weighted by Crippen LogP contribution is 2.36. The van der Waals surface area contributed by atoms with E-state index in [1.165, 1.54) is 25.3 Å². The second-order valence-electron chi connectivity index (χ2n) is 10.9. The predicted octanol–water partition coefficient (Wildman–Crippen LogP) is 3.60. The Morgan fingerprint density at radius 3 is 2.58 bits per heavy atom. The standard InChI is InChI=1S/C31H38N6O3/c1-2-29(39)35-14-16-36(17-15-35)30-26-10-13-37(28-21-24(38)20-23-8-4-5-9-25(23)28)22-27(26)32-31(33-30)40-19-18-34-11-6-3-7-12-34/h2,4-5,8-9,20-21,38H,1,3,6-7,10-19,22H2. The molecule has 6 rings (SSSR count). The normalized spacial score (nSPS) is 18.1. The van der Waals surface area contributed by atoms with Crippen LogP contribution in [0.15, 0.2) is 49.1 Å². The predicted molar refractivity (Wildman–Crippen MR) is 157 cm³/mol. The van der Waals surface area contributed by atoms with E-state index in [0.717, 1.165) is 66.1 Å². The monoisotopic (exact) mass is 542 g/mol. The Hall–Kier alpha value is -3.85. The molecule has 9 nitrogen and oxygen atoms in total. The van der Waals surface area contributed by atoms with E-state index in [0.29, 0.717) is 45.3 Å². The van der Waals surface area contributed by atoms with Gasteiger partial charge in [-0.15, -0.1) is 0 Å². The third-order valence-corrected chi connectivity index (χ3v) is 8.34. The minimum atomic E-state index is -0.0277. The number of carbonyl (C=O) groups excluding carboxylic acids is 1. The zero-order valence-electron chi connectivity index (χ0n) is 23.1. The summed E-state index contributed by atoms with van der Waals surface area (Å²) in [4.78, 5) is 30.9. The molecule has 3 aliphatic rings. The van der Waals surface area contributed by atoms with E-state index in [-0.39, 0.29) is 11.7 Å². The summed E-state index contributed by atoms with van der Waals surface area (Å²) in [5.41, 5.74) is 3.11. The van der Waals surface area contributed by atoms with Gasteiger partial charge >= 0.3 is 6.01 Å². The van der Waals surface area contributed by atoms with E-state index in [2.05, 4.69) is 27.3 Å². The minimum absolute atomic E-state index is 0.0277. The zero-order valence-corrected chi connectivity index (χ0v) is 23.1. The van der Waals surface area contributed by atoms with Gasteiger partial charge in [-0.25, -0.2) is 0 Å². The molecular weight excluding hydrogens is 504 g/mol. The van der Waals surface area contributed by atoms with Crippen LogP contribution in [0.5, 0.6) is 11.8 Å². The highest BCUT2D eigenvalue weighted by Gasteiger charge is 2.29. The third-order valence-electron chi connectivity index (χ3n) is 8.34. The fourth-order valence-electron chi connectivity index (χ4n) is 6.17. The molecule has 2 saturated heterocycles. The number of fused-ring (bicyclic) bond motifs is 2. The number of phenols is 1. The highest BCUT2D eigenvalue weighted by atomic mass is 16.5. The number of hydrogen-bond donors (Lipinski definition) is 1. The Bertz CT molecular complexity index is 1380. The smallest absolute Gasteiger partial charge is 0.318 e. The van der Waals surface area contributed by atoms with Gasteiger partial charge in [0.25, 0.3) is 0 Å². The molecule has 0 aliphatic carbocycles. The summed E-state index contributed by atoms with van der Waals surface area (Å²) < 4.78 is 6.19. The maximum absolute atomic E-state index is 12.1. The second kappa shape index (κ2) is 11.7. The molecule has 2 fully saturated rings. The van der Waals surface area contributed by atoms with Crippen molar-refractivity contribution in [2.75, 3.05) is 68.8 Å². The number of benzene rings is 2. The molecule has 1 amide bonds. The lowest BCUT2D eigenvalue weighted by molar-refractivity contribution is -0.126. The van der Waals surface area contributed by atoms with Gasteiger partial charge in [0.2, 0.25) is 5.91 Å². The Morgan fingerprint density at radius 1 is 0.975 bits per heavy atom. The Morgan fingerprint density at radius 2 is 1.77 bits per heavy atom. The number of aromatic hydroxyl groups is 1. The van der Waals surface area contributed by atoms with Gasteiger partial charge in [-0.2, -0.15) is 9.97 Å². The number of hydrogen-bond acceptors (Lipinski definition) is 8. The summed E-state index contributed by atoms with van der Waals surface area (Å²) in [6, 6.07) is 12.2. The zero-order chi connectivity index (χ0) is 27.5. The van der Waals surface area contributed by atoms with Crippen LogP contribution in [0.2, 0.25) is 0 Å². The summed E-state index contributed by atoms with van der Waals surface area (Å²) in [7, 11) is 0. The second-order valence-corrected chi connectivity index (χ2v) is 10.9. The van der Waals surface area contributed by atoms with Crippen molar-refractivity contribution >= 4 is 28.2 Å². The first-order chi connectivity index (χ1) is 19.6. The molecule has 3 aliphatic heterocycles. The number of piperidine rings is 1. The molecule has 0 unspecified atom stereocenters. The largest absolute Gasteiger partial charge is 0.508 e. The van der Waals surface area contributed by atoms with Gasteiger partial charge in [-0.05, 0) is 49.9 Å². The van der Waals surface area contributed by atoms with Gasteiger partial charge in [0.1, 0.15) is 18.2 Å². The third kappa shape index (κ3) is 5.56. The van der Waals surface area contributed by atoms with Crippen LogP contribution in [0, 0.1) is 0 Å². The lowest BCUT2D eigenvalue weighted by Crippen LogP contribution is -2.49. The van der Waals surface area contributed by atoms with Crippen LogP contribution in [0.1, 0.15) is 30.5 Å². The molecule has 0 saturated carbocycles. The lowest BCUT2D eigenvalue weighted by Gasteiger charge is -2.38. The van der Waals surface area contributed by atoms with Crippen LogP contribution < -0.4 is 14.5 Å². The van der Waals surface area contributed by atoms with E-state index >= 15 is 0 Å². The maximum Gasteiger partial charge on any atom is 0.318 e. The van der Waals surface area contributed by atoms with Crippen LogP contribution in [0.4, 0.5) is 11.5 Å². The number of amides is 1. The number of phenolic OH excluding ortho intramolecular Hbond substituents is 1. The molecule has 0 bridgehead atoms. The quantitative estimate of drug-likeness (QED) is 0.454. The Kier molecular flexibility index (Phi) is 7.73. The molecule has 1 N–H and O–H groups in total. The molecule has 4 heterocycles. The van der Waals surface area contributed by atoms with Crippen LogP contribution in [0.3, 0.4) is 0 Å². The molecule has 2 aromatic carbocycles. The summed E-state index contributed by atoms with van der Waals surface area (Å²) in [6.07, 6.45) is 5.98. The van der Waals surface area contributed by atoms with E-state index in [4.69, 9.17) is 14.7 Å². The number of nitrogens with zero attached hydrogens (tertiary/aromatic N) is 6. The number of piperazine rings is 1. The van der Waals surface area contributed by atoms with Gasteiger partial charge in [0.05, 0.1) is 12.2 Å². The van der Waals surface area contributed by atoms with Crippen molar-refractivity contribution in [2.45, 2.75) is 32.2 Å². The SMILES string of the molecule is C=CC(=O)N1CCN(c2nc(OCCN3CCCCC3)nc3c2CCN(c2cc(O)cc4ccccc24)C3)CC1. The number of ether oxygens (including phenoxy) is 1. The van der Waals surface area contributed by atoms with Crippen molar-refractivity contribution in [1.82, 2.24) is 19.8 Å². The van der Waals surface area contributed by atoms with E-state index in [1.807, 2.05) is 35.2 Å². The lowest BCUT2D eigenvalue weighted by atomic mass is 10.0.